The Bertz CT molecular complexity index is 822. The molecule has 0 aliphatic heterocycles. The van der Waals surface area contributed by atoms with E-state index < -0.39 is 0 Å². The van der Waals surface area contributed by atoms with E-state index in [4.69, 9.17) is 0 Å². The van der Waals surface area contributed by atoms with Crippen LogP contribution in [0.15, 0.2) is 46.3 Å². The average Bonchev–Trinajstić information content (AvgIpc) is 3.05. The minimum atomic E-state index is 0.0711. The predicted octanol–water partition coefficient (Wildman–Crippen LogP) is 5.15. The van der Waals surface area contributed by atoms with Crippen LogP contribution in [0.5, 0.6) is 0 Å². The highest BCUT2D eigenvalue weighted by atomic mass is 79.9. The van der Waals surface area contributed by atoms with Crippen LogP contribution in [0.4, 0.5) is 0 Å². The van der Waals surface area contributed by atoms with Crippen molar-refractivity contribution in [1.29, 1.82) is 0 Å². The van der Waals surface area contributed by atoms with Gasteiger partial charge < -0.3 is 9.47 Å². The number of thiophene rings is 1. The van der Waals surface area contributed by atoms with Crippen molar-refractivity contribution in [3.63, 3.8) is 0 Å². The zero-order valence-corrected chi connectivity index (χ0v) is 15.7. The molecule has 2 aromatic heterocycles. The summed E-state index contributed by atoms with van der Waals surface area (Å²) in [5.74, 6) is 0.0711. The van der Waals surface area contributed by atoms with Crippen molar-refractivity contribution < 1.29 is 4.79 Å². The highest BCUT2D eigenvalue weighted by Gasteiger charge is 2.20. The van der Waals surface area contributed by atoms with E-state index in [0.717, 1.165) is 38.2 Å². The van der Waals surface area contributed by atoms with Crippen molar-refractivity contribution in [2.75, 3.05) is 7.05 Å². The second-order valence-electron chi connectivity index (χ2n) is 5.63. The summed E-state index contributed by atoms with van der Waals surface area (Å²) in [6, 6.07) is 14.2. The molecule has 0 spiro atoms. The fraction of sp³-hybridized carbons (Fsp3) is 0.278. The molecule has 1 aromatic carbocycles. The van der Waals surface area contributed by atoms with Gasteiger partial charge in [0, 0.05) is 20.1 Å². The van der Waals surface area contributed by atoms with Gasteiger partial charge in [-0.05, 0) is 40.0 Å². The molecule has 23 heavy (non-hydrogen) atoms. The summed E-state index contributed by atoms with van der Waals surface area (Å²) >= 11 is 5.20. The molecule has 120 valence electrons. The van der Waals surface area contributed by atoms with Crippen LogP contribution >= 0.6 is 27.3 Å². The van der Waals surface area contributed by atoms with Gasteiger partial charge in [0.05, 0.1) is 14.0 Å². The van der Waals surface area contributed by atoms with Crippen LogP contribution < -0.4 is 0 Å². The van der Waals surface area contributed by atoms with Gasteiger partial charge in [0.1, 0.15) is 5.69 Å². The van der Waals surface area contributed by atoms with E-state index in [-0.39, 0.29) is 5.91 Å². The van der Waals surface area contributed by atoms with E-state index in [1.807, 2.05) is 43.4 Å². The lowest BCUT2D eigenvalue weighted by Gasteiger charge is -2.18. The Hall–Kier alpha value is -1.59. The number of halogens is 1. The molecular formula is C18H19BrN2OS. The van der Waals surface area contributed by atoms with Gasteiger partial charge in [0.25, 0.3) is 5.91 Å². The first-order chi connectivity index (χ1) is 11.1. The Morgan fingerprint density at radius 2 is 2.00 bits per heavy atom. The Labute approximate surface area is 148 Å². The molecule has 0 radical (unpaired) electrons. The van der Waals surface area contributed by atoms with Crippen molar-refractivity contribution in [3.05, 3.63) is 57.5 Å². The maximum Gasteiger partial charge on any atom is 0.270 e. The van der Waals surface area contributed by atoms with Gasteiger partial charge in [-0.3, -0.25) is 4.79 Å². The number of rotatable bonds is 5. The van der Waals surface area contributed by atoms with E-state index in [2.05, 4.69) is 33.5 Å². The molecule has 0 N–H and O–H groups in total. The molecule has 1 amide bonds. The largest absolute Gasteiger partial charge is 0.336 e. The van der Waals surface area contributed by atoms with Crippen LogP contribution in [0.25, 0.3) is 10.2 Å². The van der Waals surface area contributed by atoms with Crippen LogP contribution in [0.1, 0.15) is 29.4 Å². The van der Waals surface area contributed by atoms with Crippen molar-refractivity contribution in [2.24, 2.45) is 0 Å². The van der Waals surface area contributed by atoms with E-state index in [9.17, 15) is 4.79 Å². The first-order valence-electron chi connectivity index (χ1n) is 7.68. The van der Waals surface area contributed by atoms with Crippen molar-refractivity contribution in [2.45, 2.75) is 26.4 Å². The second-order valence-corrected chi connectivity index (χ2v) is 8.09. The van der Waals surface area contributed by atoms with Gasteiger partial charge in [-0.15, -0.1) is 11.3 Å². The summed E-state index contributed by atoms with van der Waals surface area (Å²) in [5.41, 5.74) is 3.06. The number of hydrogen-bond donors (Lipinski definition) is 0. The number of aromatic nitrogens is 1. The Morgan fingerprint density at radius 1 is 1.26 bits per heavy atom. The number of hydrogen-bond acceptors (Lipinski definition) is 2. The third kappa shape index (κ3) is 3.35. The molecule has 0 aliphatic carbocycles. The number of fused-ring (bicyclic) bond motifs is 1. The molecule has 0 saturated carbocycles. The third-order valence-electron chi connectivity index (χ3n) is 3.84. The lowest BCUT2D eigenvalue weighted by atomic mass is 10.2. The molecule has 3 aromatic rings. The van der Waals surface area contributed by atoms with Crippen LogP contribution in [-0.2, 0) is 13.1 Å². The topological polar surface area (TPSA) is 25.2 Å². The number of carbonyl (C=O) groups excluding carboxylic acids is 1. The zero-order chi connectivity index (χ0) is 16.4. The lowest BCUT2D eigenvalue weighted by Crippen LogP contribution is -2.28. The van der Waals surface area contributed by atoms with E-state index in [0.29, 0.717) is 6.54 Å². The molecule has 0 fully saturated rings. The maximum atomic E-state index is 12.9. The van der Waals surface area contributed by atoms with Gasteiger partial charge in [0.2, 0.25) is 0 Å². The van der Waals surface area contributed by atoms with Gasteiger partial charge in [-0.25, -0.2) is 0 Å². The molecule has 3 nitrogen and oxygen atoms in total. The molecule has 0 aliphatic rings. The zero-order valence-electron chi connectivity index (χ0n) is 13.3. The van der Waals surface area contributed by atoms with E-state index >= 15 is 0 Å². The quantitative estimate of drug-likeness (QED) is 0.591. The lowest BCUT2D eigenvalue weighted by molar-refractivity contribution is 0.0775. The molecule has 5 heteroatoms. The highest BCUT2D eigenvalue weighted by molar-refractivity contribution is 9.11. The van der Waals surface area contributed by atoms with E-state index in [1.54, 1.807) is 16.2 Å². The molecule has 0 atom stereocenters. The number of amides is 1. The summed E-state index contributed by atoms with van der Waals surface area (Å²) < 4.78 is 4.39. The normalized spacial score (nSPS) is 11.1. The molecule has 0 unspecified atom stereocenters. The summed E-state index contributed by atoms with van der Waals surface area (Å²) in [6.45, 7) is 3.61. The SMILES string of the molecule is CCCn1c(C(=O)N(C)Cc2ccccc2)cc2sc(Br)cc21. The van der Waals surface area contributed by atoms with Gasteiger partial charge >= 0.3 is 0 Å². The standard InChI is InChI=1S/C18H19BrN2OS/c1-3-9-21-14-11-17(19)23-16(14)10-15(21)18(22)20(2)12-13-7-5-4-6-8-13/h4-8,10-11H,3,9,12H2,1-2H3. The van der Waals surface area contributed by atoms with Crippen molar-refractivity contribution in [3.8, 4) is 0 Å². The molecule has 0 bridgehead atoms. The minimum absolute atomic E-state index is 0.0711. The molecule has 2 heterocycles. The number of carbonyl (C=O) groups is 1. The van der Waals surface area contributed by atoms with E-state index in [1.165, 1.54) is 0 Å². The fourth-order valence-corrected chi connectivity index (χ4v) is 4.34. The highest BCUT2D eigenvalue weighted by Crippen LogP contribution is 2.33. The predicted molar refractivity (Wildman–Crippen MR) is 100 cm³/mol. The minimum Gasteiger partial charge on any atom is -0.336 e. The Morgan fingerprint density at radius 3 is 2.70 bits per heavy atom. The molecular weight excluding hydrogens is 372 g/mol. The van der Waals surface area contributed by atoms with Crippen molar-refractivity contribution in [1.82, 2.24) is 9.47 Å². The maximum absolute atomic E-state index is 12.9. The second kappa shape index (κ2) is 6.89. The number of aryl methyl sites for hydroxylation is 1. The third-order valence-corrected chi connectivity index (χ3v) is 5.41. The Kier molecular flexibility index (Phi) is 4.87. The summed E-state index contributed by atoms with van der Waals surface area (Å²) in [6.07, 6.45) is 1.000. The first-order valence-corrected chi connectivity index (χ1v) is 9.29. The number of nitrogens with zero attached hydrogens (tertiary/aromatic N) is 2. The monoisotopic (exact) mass is 390 g/mol. The smallest absolute Gasteiger partial charge is 0.270 e. The summed E-state index contributed by atoms with van der Waals surface area (Å²) in [4.78, 5) is 14.7. The summed E-state index contributed by atoms with van der Waals surface area (Å²) in [5, 5.41) is 0. The molecule has 0 saturated heterocycles. The van der Waals surface area contributed by atoms with Crippen molar-refractivity contribution >= 4 is 43.4 Å². The van der Waals surface area contributed by atoms with Crippen LogP contribution in [0, 0.1) is 0 Å². The first kappa shape index (κ1) is 16.3. The Balaban J connectivity index is 1.90. The van der Waals surface area contributed by atoms with Crippen LogP contribution in [0.3, 0.4) is 0 Å². The van der Waals surface area contributed by atoms with Gasteiger partial charge in [-0.1, -0.05) is 37.3 Å². The summed E-state index contributed by atoms with van der Waals surface area (Å²) in [7, 11) is 1.86. The van der Waals surface area contributed by atoms with Crippen LogP contribution in [0.2, 0.25) is 0 Å². The fourth-order valence-electron chi connectivity index (χ4n) is 2.78. The average molecular weight is 391 g/mol. The van der Waals surface area contributed by atoms with Gasteiger partial charge in [0.15, 0.2) is 0 Å². The number of benzene rings is 1. The van der Waals surface area contributed by atoms with Crippen LogP contribution in [-0.4, -0.2) is 22.4 Å². The molecule has 3 rings (SSSR count). The van der Waals surface area contributed by atoms with Gasteiger partial charge in [-0.2, -0.15) is 0 Å².